The third-order valence-corrected chi connectivity index (χ3v) is 5.27. The van der Waals surface area contributed by atoms with Gasteiger partial charge < -0.3 is 4.42 Å². The second-order valence-electron chi connectivity index (χ2n) is 8.31. The first-order chi connectivity index (χ1) is 14.0. The molecular weight excluding hydrogens is 358 g/mol. The van der Waals surface area contributed by atoms with Crippen LogP contribution in [0.25, 0.3) is 44.3 Å². The van der Waals surface area contributed by atoms with Gasteiger partial charge in [-0.3, -0.25) is 4.98 Å². The molecule has 0 spiro atoms. The van der Waals surface area contributed by atoms with Crippen LogP contribution in [0.5, 0.6) is 0 Å². The van der Waals surface area contributed by atoms with Crippen LogP contribution in [0, 0.1) is 0 Å². The summed E-state index contributed by atoms with van der Waals surface area (Å²) in [5.74, 6) is 0. The van der Waals surface area contributed by atoms with E-state index in [9.17, 15) is 0 Å². The molecule has 5 rings (SSSR count). The fourth-order valence-electron chi connectivity index (χ4n) is 3.81. The van der Waals surface area contributed by atoms with Gasteiger partial charge in [-0.15, -0.1) is 0 Å². The van der Waals surface area contributed by atoms with E-state index in [1.807, 2.05) is 12.1 Å². The number of nitrogens with zero attached hydrogens (tertiary/aromatic N) is 3. The van der Waals surface area contributed by atoms with E-state index in [1.54, 1.807) is 25.0 Å². The van der Waals surface area contributed by atoms with Crippen LogP contribution in [0.4, 0.5) is 0 Å². The Morgan fingerprint density at radius 1 is 0.828 bits per heavy atom. The van der Waals surface area contributed by atoms with Crippen molar-refractivity contribution in [1.29, 1.82) is 0 Å². The van der Waals surface area contributed by atoms with E-state index in [-0.39, 0.29) is 5.41 Å². The Morgan fingerprint density at radius 3 is 2.52 bits per heavy atom. The van der Waals surface area contributed by atoms with Gasteiger partial charge in [-0.2, -0.15) is 0 Å². The van der Waals surface area contributed by atoms with Crippen LogP contribution in [0.1, 0.15) is 26.3 Å². The van der Waals surface area contributed by atoms with Crippen molar-refractivity contribution in [3.8, 4) is 22.5 Å². The van der Waals surface area contributed by atoms with Crippen LogP contribution in [-0.2, 0) is 5.41 Å². The molecule has 0 atom stereocenters. The first-order valence-corrected chi connectivity index (χ1v) is 9.68. The van der Waals surface area contributed by atoms with Crippen LogP contribution in [0.2, 0.25) is 0 Å². The lowest BCUT2D eigenvalue weighted by molar-refractivity contribution is 0.596. The van der Waals surface area contributed by atoms with Crippen molar-refractivity contribution in [1.82, 2.24) is 15.0 Å². The van der Waals surface area contributed by atoms with Gasteiger partial charge in [-0.25, -0.2) is 9.97 Å². The molecule has 3 heterocycles. The Labute approximate surface area is 169 Å². The Balaban J connectivity index is 1.70. The lowest BCUT2D eigenvalue weighted by Crippen LogP contribution is -2.12. The summed E-state index contributed by atoms with van der Waals surface area (Å²) in [6.45, 7) is 6.73. The van der Waals surface area contributed by atoms with Crippen LogP contribution in [0.15, 0.2) is 77.9 Å². The Kier molecular flexibility index (Phi) is 3.95. The summed E-state index contributed by atoms with van der Waals surface area (Å²) in [5.41, 5.74) is 5.75. The lowest BCUT2D eigenvalue weighted by Gasteiger charge is -2.22. The predicted molar refractivity (Wildman–Crippen MR) is 117 cm³/mol. The molecule has 0 aliphatic rings. The van der Waals surface area contributed by atoms with Crippen molar-refractivity contribution in [2.24, 2.45) is 0 Å². The first-order valence-electron chi connectivity index (χ1n) is 9.68. The number of rotatable bonds is 2. The van der Waals surface area contributed by atoms with Gasteiger partial charge in [0.2, 0.25) is 0 Å². The zero-order valence-electron chi connectivity index (χ0n) is 16.7. The van der Waals surface area contributed by atoms with Crippen molar-refractivity contribution < 1.29 is 4.42 Å². The maximum Gasteiger partial charge on any atom is 0.146 e. The van der Waals surface area contributed by atoms with Gasteiger partial charge in [0.25, 0.3) is 0 Å². The third kappa shape index (κ3) is 3.07. The predicted octanol–water partition coefficient (Wildman–Crippen LogP) is 6.40. The Hall–Kier alpha value is -3.53. The molecule has 0 bridgehead atoms. The molecule has 4 heteroatoms. The summed E-state index contributed by atoms with van der Waals surface area (Å²) in [6, 6.07) is 16.9. The highest BCUT2D eigenvalue weighted by Gasteiger charge is 2.19. The maximum atomic E-state index is 5.67. The zero-order chi connectivity index (χ0) is 20.0. The monoisotopic (exact) mass is 379 g/mol. The molecule has 3 aromatic heterocycles. The van der Waals surface area contributed by atoms with E-state index in [0.717, 1.165) is 33.5 Å². The molecule has 0 fully saturated rings. The molecule has 4 nitrogen and oxygen atoms in total. The molecule has 0 amide bonds. The summed E-state index contributed by atoms with van der Waals surface area (Å²) in [7, 11) is 0. The SMILES string of the molecule is CC(C)(C)c1cc(-c2cc(-c3cncc4ccoc34)ncn2)cc2ccccc12. The number of benzene rings is 2. The molecule has 0 aliphatic heterocycles. The highest BCUT2D eigenvalue weighted by atomic mass is 16.3. The van der Waals surface area contributed by atoms with E-state index in [1.165, 1.54) is 16.3 Å². The van der Waals surface area contributed by atoms with Crippen molar-refractivity contribution in [3.63, 3.8) is 0 Å². The van der Waals surface area contributed by atoms with Crippen LogP contribution in [-0.4, -0.2) is 15.0 Å². The Morgan fingerprint density at radius 2 is 1.66 bits per heavy atom. The van der Waals surface area contributed by atoms with Gasteiger partial charge in [0.15, 0.2) is 0 Å². The summed E-state index contributed by atoms with van der Waals surface area (Å²) in [5, 5.41) is 3.45. The van der Waals surface area contributed by atoms with E-state index in [0.29, 0.717) is 0 Å². The van der Waals surface area contributed by atoms with E-state index in [4.69, 9.17) is 4.42 Å². The smallest absolute Gasteiger partial charge is 0.146 e. The molecule has 0 saturated carbocycles. The minimum atomic E-state index is 0.0230. The zero-order valence-corrected chi connectivity index (χ0v) is 16.7. The Bertz CT molecular complexity index is 1350. The number of pyridine rings is 1. The minimum Gasteiger partial charge on any atom is -0.464 e. The fourth-order valence-corrected chi connectivity index (χ4v) is 3.81. The van der Waals surface area contributed by atoms with Crippen molar-refractivity contribution in [2.75, 3.05) is 0 Å². The van der Waals surface area contributed by atoms with Gasteiger partial charge in [0.05, 0.1) is 23.2 Å². The van der Waals surface area contributed by atoms with Crippen LogP contribution >= 0.6 is 0 Å². The van der Waals surface area contributed by atoms with Crippen molar-refractivity contribution in [2.45, 2.75) is 26.2 Å². The summed E-state index contributed by atoms with van der Waals surface area (Å²) >= 11 is 0. The minimum absolute atomic E-state index is 0.0230. The largest absolute Gasteiger partial charge is 0.464 e. The van der Waals surface area contributed by atoms with Crippen molar-refractivity contribution in [3.05, 3.63) is 79.1 Å². The number of fused-ring (bicyclic) bond motifs is 2. The molecule has 0 N–H and O–H groups in total. The molecule has 0 aliphatic carbocycles. The van der Waals surface area contributed by atoms with Gasteiger partial charge in [0.1, 0.15) is 11.9 Å². The number of aromatic nitrogens is 3. The second-order valence-corrected chi connectivity index (χ2v) is 8.31. The van der Waals surface area contributed by atoms with Gasteiger partial charge in [0, 0.05) is 23.3 Å². The van der Waals surface area contributed by atoms with E-state index in [2.05, 4.69) is 72.1 Å². The van der Waals surface area contributed by atoms with Crippen LogP contribution in [0.3, 0.4) is 0 Å². The molecule has 0 saturated heterocycles. The van der Waals surface area contributed by atoms with E-state index < -0.39 is 0 Å². The average molecular weight is 379 g/mol. The number of furan rings is 1. The fraction of sp³-hybridized carbons (Fsp3) is 0.160. The van der Waals surface area contributed by atoms with Gasteiger partial charge >= 0.3 is 0 Å². The molecule has 0 unspecified atom stereocenters. The molecule has 5 aromatic rings. The van der Waals surface area contributed by atoms with Crippen LogP contribution < -0.4 is 0 Å². The lowest BCUT2D eigenvalue weighted by atomic mass is 9.82. The summed E-state index contributed by atoms with van der Waals surface area (Å²) in [6.07, 6.45) is 6.87. The standard InChI is InChI=1S/C25H21N3O/c1-25(2,3)21-11-18(10-16-6-4-5-7-19(16)21)22-12-23(28-15-27-22)20-14-26-13-17-8-9-29-24(17)20/h4-15H,1-3H3. The average Bonchev–Trinajstić information content (AvgIpc) is 3.21. The van der Waals surface area contributed by atoms with Crippen molar-refractivity contribution >= 4 is 21.7 Å². The first kappa shape index (κ1) is 17.6. The van der Waals surface area contributed by atoms with Gasteiger partial charge in [-0.1, -0.05) is 45.0 Å². The molecular formula is C25H21N3O. The second kappa shape index (κ2) is 6.52. The molecule has 142 valence electrons. The molecule has 0 radical (unpaired) electrons. The summed E-state index contributed by atoms with van der Waals surface area (Å²) in [4.78, 5) is 13.4. The third-order valence-electron chi connectivity index (χ3n) is 5.27. The maximum absolute atomic E-state index is 5.67. The molecule has 29 heavy (non-hydrogen) atoms. The topological polar surface area (TPSA) is 51.8 Å². The quantitative estimate of drug-likeness (QED) is 0.356. The summed E-state index contributed by atoms with van der Waals surface area (Å²) < 4.78 is 5.67. The number of hydrogen-bond acceptors (Lipinski definition) is 4. The van der Waals surface area contributed by atoms with Gasteiger partial charge in [-0.05, 0) is 46.0 Å². The highest BCUT2D eigenvalue weighted by Crippen LogP contribution is 2.35. The number of hydrogen-bond donors (Lipinski definition) is 0. The highest BCUT2D eigenvalue weighted by molar-refractivity contribution is 5.93. The molecule has 2 aromatic carbocycles. The van der Waals surface area contributed by atoms with E-state index >= 15 is 0 Å². The normalized spacial score (nSPS) is 12.0.